The van der Waals surface area contributed by atoms with Crippen molar-refractivity contribution in [2.75, 3.05) is 53.5 Å². The number of carboxylic acids is 1. The summed E-state index contributed by atoms with van der Waals surface area (Å²) in [4.78, 5) is 31.9. The Hall–Kier alpha value is -5.93. The number of benzene rings is 3. The number of halogens is 2. The number of allylic oxidation sites excluding steroid dienone is 3. The normalized spacial score (nSPS) is 14.4. The van der Waals surface area contributed by atoms with E-state index in [0.717, 1.165) is 67.4 Å². The summed E-state index contributed by atoms with van der Waals surface area (Å²) in [5, 5.41) is 11.7. The molecule has 1 aliphatic rings. The minimum atomic E-state index is -1.37. The molecule has 1 saturated heterocycles. The maximum atomic E-state index is 14.5. The third-order valence-corrected chi connectivity index (χ3v) is 12.4. The number of aromatic nitrogens is 4. The summed E-state index contributed by atoms with van der Waals surface area (Å²) < 4.78 is 44.3. The van der Waals surface area contributed by atoms with Gasteiger partial charge in [0.2, 0.25) is 12.0 Å². The zero-order chi connectivity index (χ0) is 45.3. The highest BCUT2D eigenvalue weighted by molar-refractivity contribution is 7.13. The van der Waals surface area contributed by atoms with Crippen molar-refractivity contribution in [2.24, 2.45) is 0 Å². The number of aliphatic carboxylic acids is 1. The van der Waals surface area contributed by atoms with Crippen molar-refractivity contribution in [1.82, 2.24) is 29.1 Å². The van der Waals surface area contributed by atoms with E-state index >= 15 is 0 Å². The van der Waals surface area contributed by atoms with Crippen molar-refractivity contribution in [3.8, 4) is 39.8 Å². The van der Waals surface area contributed by atoms with Gasteiger partial charge < -0.3 is 29.0 Å². The highest BCUT2D eigenvalue weighted by Gasteiger charge is 2.28. The maximum absolute atomic E-state index is 14.5. The minimum absolute atomic E-state index is 0.0448. The average molecular weight is 908 g/mol. The number of nitrogens with zero attached hydrogens (tertiary/aromatic N) is 6. The van der Waals surface area contributed by atoms with E-state index in [1.165, 1.54) is 12.1 Å². The first-order valence-electron chi connectivity index (χ1n) is 21.2. The molecule has 1 N–H and O–H groups in total. The van der Waals surface area contributed by atoms with Gasteiger partial charge in [-0.3, -0.25) is 9.88 Å². The van der Waals surface area contributed by atoms with Crippen LogP contribution in [0.15, 0.2) is 91.0 Å². The highest BCUT2D eigenvalue weighted by Crippen LogP contribution is 2.46. The van der Waals surface area contributed by atoms with E-state index in [-0.39, 0.29) is 24.7 Å². The molecule has 64 heavy (non-hydrogen) atoms. The molecule has 0 bridgehead atoms. The standard InChI is InChI=1S/C49H52ClFN6O6S/c1-7-11-37(38(8-2)60-6)47-52-19-18-34(54-47)29-62-39-13-10-9-12-32(39)27-41(49(58)59)63-48-44-42(64-55-48)28-53-46(35-15-14-33(51)26-30(35)3)43(44)36-16-17-40(45(50)31(36)4)61-25-24-57-22-20-56(5)21-23-57/h8-19,26,28,41H,7,20-25,27,29H2,1-6H3,(H,58,59)/b37-11+,38-8+. The molecule has 0 radical (unpaired) electrons. The number of hydrogen-bond acceptors (Lipinski definition) is 12. The van der Waals surface area contributed by atoms with Crippen LogP contribution in [0.25, 0.3) is 38.0 Å². The molecule has 3 aromatic heterocycles. The largest absolute Gasteiger partial charge is 0.496 e. The van der Waals surface area contributed by atoms with Gasteiger partial charge in [0, 0.05) is 62.7 Å². The van der Waals surface area contributed by atoms with Gasteiger partial charge in [-0.25, -0.2) is 19.2 Å². The van der Waals surface area contributed by atoms with Gasteiger partial charge in [-0.2, -0.15) is 4.37 Å². The Bertz CT molecular complexity index is 2680. The third-order valence-electron chi connectivity index (χ3n) is 11.2. The molecule has 1 unspecified atom stereocenters. The lowest BCUT2D eigenvalue weighted by Crippen LogP contribution is -2.45. The molecule has 7 rings (SSSR count). The SMILES string of the molecule is C/C=C(OC)\C(=C/CC)c1nccc(COc2ccccc2CC(Oc2nsc3cnc(-c4ccc(F)cc4C)c(-c4ccc(OCCN5CCN(C)CC5)c(Cl)c4C)c23)C(=O)O)n1. The summed E-state index contributed by atoms with van der Waals surface area (Å²) in [6, 6.07) is 17.3. The van der Waals surface area contributed by atoms with Crippen LogP contribution in [-0.2, 0) is 22.6 Å². The summed E-state index contributed by atoms with van der Waals surface area (Å²) in [7, 11) is 3.74. The number of hydrogen-bond donors (Lipinski definition) is 1. The Morgan fingerprint density at radius 3 is 2.53 bits per heavy atom. The predicted octanol–water partition coefficient (Wildman–Crippen LogP) is 9.85. The molecular formula is C49H52ClFN6O6S. The van der Waals surface area contributed by atoms with E-state index in [9.17, 15) is 14.3 Å². The molecule has 334 valence electrons. The van der Waals surface area contributed by atoms with Crippen molar-refractivity contribution < 1.29 is 33.2 Å². The van der Waals surface area contributed by atoms with Crippen LogP contribution in [0, 0.1) is 19.7 Å². The van der Waals surface area contributed by atoms with E-state index in [2.05, 4.69) is 26.2 Å². The van der Waals surface area contributed by atoms with E-state index in [4.69, 9.17) is 40.5 Å². The second-order valence-corrected chi connectivity index (χ2v) is 16.7. The summed E-state index contributed by atoms with van der Waals surface area (Å²) in [5.41, 5.74) is 5.98. The minimum Gasteiger partial charge on any atom is -0.496 e. The first kappa shape index (κ1) is 46.1. The van der Waals surface area contributed by atoms with Crippen LogP contribution in [0.3, 0.4) is 0 Å². The van der Waals surface area contributed by atoms with Crippen LogP contribution in [-0.4, -0.2) is 99.8 Å². The lowest BCUT2D eigenvalue weighted by atomic mass is 9.91. The number of carbonyl (C=O) groups is 1. The molecule has 0 spiro atoms. The number of piperazine rings is 1. The number of likely N-dealkylation sites (N-methyl/N-ethyl adjacent to an activating group) is 1. The fourth-order valence-corrected chi connectivity index (χ4v) is 8.64. The number of ether oxygens (including phenoxy) is 4. The number of rotatable bonds is 18. The van der Waals surface area contributed by atoms with Gasteiger partial charge in [0.25, 0.3) is 0 Å². The fraction of sp³-hybridized carbons (Fsp3) is 0.327. The predicted molar refractivity (Wildman–Crippen MR) is 250 cm³/mol. The summed E-state index contributed by atoms with van der Waals surface area (Å²) in [6.07, 6.45) is 6.58. The zero-order valence-electron chi connectivity index (χ0n) is 36.9. The van der Waals surface area contributed by atoms with Crippen LogP contribution >= 0.6 is 23.1 Å². The number of pyridine rings is 1. The Labute approximate surface area is 382 Å². The van der Waals surface area contributed by atoms with Gasteiger partial charge in [-0.15, -0.1) is 0 Å². The quantitative estimate of drug-likeness (QED) is 0.0651. The molecule has 0 aliphatic carbocycles. The number of para-hydroxylation sites is 1. The molecule has 6 aromatic rings. The van der Waals surface area contributed by atoms with Crippen molar-refractivity contribution in [3.63, 3.8) is 0 Å². The smallest absolute Gasteiger partial charge is 0.345 e. The Kier molecular flexibility index (Phi) is 15.2. The van der Waals surface area contributed by atoms with Crippen LogP contribution in [0.2, 0.25) is 5.02 Å². The number of fused-ring (bicyclic) bond motifs is 1. The summed E-state index contributed by atoms with van der Waals surface area (Å²) in [5.74, 6) is 0.756. The molecule has 15 heteroatoms. The maximum Gasteiger partial charge on any atom is 0.345 e. The Morgan fingerprint density at radius 1 is 1.02 bits per heavy atom. The lowest BCUT2D eigenvalue weighted by Gasteiger charge is -2.32. The lowest BCUT2D eigenvalue weighted by molar-refractivity contribution is -0.145. The molecule has 0 amide bonds. The van der Waals surface area contributed by atoms with E-state index in [0.29, 0.717) is 78.4 Å². The van der Waals surface area contributed by atoms with Crippen molar-refractivity contribution in [2.45, 2.75) is 53.2 Å². The van der Waals surface area contributed by atoms with Gasteiger partial charge in [0.05, 0.1) is 39.2 Å². The molecular weight excluding hydrogens is 855 g/mol. The first-order chi connectivity index (χ1) is 31.0. The monoisotopic (exact) mass is 906 g/mol. The van der Waals surface area contributed by atoms with Gasteiger partial charge >= 0.3 is 5.97 Å². The molecule has 1 aliphatic heterocycles. The first-order valence-corrected chi connectivity index (χ1v) is 22.4. The van der Waals surface area contributed by atoms with Crippen LogP contribution in [0.1, 0.15) is 48.5 Å². The van der Waals surface area contributed by atoms with Crippen molar-refractivity contribution in [1.29, 1.82) is 0 Å². The van der Waals surface area contributed by atoms with Crippen LogP contribution in [0.5, 0.6) is 17.4 Å². The molecule has 4 heterocycles. The molecule has 0 saturated carbocycles. The van der Waals surface area contributed by atoms with E-state index in [1.807, 2.05) is 70.2 Å². The topological polar surface area (TPSA) is 132 Å². The van der Waals surface area contributed by atoms with Crippen molar-refractivity contribution in [3.05, 3.63) is 130 Å². The molecule has 12 nitrogen and oxygen atoms in total. The molecule has 1 atom stereocenters. The number of methoxy groups -OCH3 is 1. The summed E-state index contributed by atoms with van der Waals surface area (Å²) in [6.45, 7) is 13.0. The summed E-state index contributed by atoms with van der Waals surface area (Å²) >= 11 is 8.24. The van der Waals surface area contributed by atoms with Gasteiger partial charge in [0.1, 0.15) is 36.3 Å². The number of aryl methyl sites for hydroxylation is 1. The Morgan fingerprint density at radius 2 is 1.80 bits per heavy atom. The Balaban J connectivity index is 1.19. The third kappa shape index (κ3) is 10.5. The van der Waals surface area contributed by atoms with Crippen LogP contribution < -0.4 is 14.2 Å². The molecule has 1 fully saturated rings. The second kappa shape index (κ2) is 21.2. The second-order valence-electron chi connectivity index (χ2n) is 15.5. The van der Waals surface area contributed by atoms with E-state index < -0.39 is 12.1 Å². The molecule has 3 aromatic carbocycles. The van der Waals surface area contributed by atoms with Crippen LogP contribution in [0.4, 0.5) is 4.39 Å². The van der Waals surface area contributed by atoms with Crippen molar-refractivity contribution >= 4 is 44.8 Å². The average Bonchev–Trinajstić information content (AvgIpc) is 3.70. The number of carboxylic acid groups (broad SMARTS) is 1. The van der Waals surface area contributed by atoms with Gasteiger partial charge in [-0.05, 0) is 111 Å². The zero-order valence-corrected chi connectivity index (χ0v) is 38.4. The highest BCUT2D eigenvalue weighted by atomic mass is 35.5. The fourth-order valence-electron chi connectivity index (χ4n) is 7.72. The van der Waals surface area contributed by atoms with Gasteiger partial charge in [0.15, 0.2) is 5.82 Å². The van der Waals surface area contributed by atoms with Gasteiger partial charge in [-0.1, -0.05) is 48.9 Å². The van der Waals surface area contributed by atoms with E-state index in [1.54, 1.807) is 37.7 Å².